The van der Waals surface area contributed by atoms with Crippen molar-refractivity contribution in [2.75, 3.05) is 12.4 Å². The van der Waals surface area contributed by atoms with Crippen molar-refractivity contribution in [3.63, 3.8) is 0 Å². The van der Waals surface area contributed by atoms with E-state index in [4.69, 9.17) is 4.74 Å². The first-order valence-corrected chi connectivity index (χ1v) is 5.58. The van der Waals surface area contributed by atoms with E-state index in [-0.39, 0.29) is 0 Å². The van der Waals surface area contributed by atoms with E-state index in [1.54, 1.807) is 12.1 Å². The van der Waals surface area contributed by atoms with Crippen molar-refractivity contribution >= 4 is 11.4 Å². The summed E-state index contributed by atoms with van der Waals surface area (Å²) >= 11 is 0. The minimum atomic E-state index is -4.32. The number of halogens is 3. The number of rotatable bonds is 3. The van der Waals surface area contributed by atoms with Crippen molar-refractivity contribution in [2.45, 2.75) is 6.18 Å². The second-order valence-electron chi connectivity index (χ2n) is 3.90. The summed E-state index contributed by atoms with van der Waals surface area (Å²) < 4.78 is 42.4. The monoisotopic (exact) mass is 267 g/mol. The van der Waals surface area contributed by atoms with Gasteiger partial charge in [0, 0.05) is 5.69 Å². The summed E-state index contributed by atoms with van der Waals surface area (Å²) in [5, 5.41) is 3.01. The van der Waals surface area contributed by atoms with Crippen molar-refractivity contribution in [1.29, 1.82) is 0 Å². The van der Waals surface area contributed by atoms with Crippen LogP contribution in [0.2, 0.25) is 0 Å². The van der Waals surface area contributed by atoms with Crippen LogP contribution in [0, 0.1) is 0 Å². The SMILES string of the molecule is COc1ccccc1Nc1ccc(C(F)(F)F)cc1. The molecule has 2 nitrogen and oxygen atoms in total. The minimum absolute atomic E-state index is 0.567. The van der Waals surface area contributed by atoms with Gasteiger partial charge in [-0.3, -0.25) is 0 Å². The molecule has 1 N–H and O–H groups in total. The number of para-hydroxylation sites is 2. The number of hydrogen-bond acceptors (Lipinski definition) is 2. The second kappa shape index (κ2) is 5.22. The smallest absolute Gasteiger partial charge is 0.416 e. The molecule has 0 fully saturated rings. The van der Waals surface area contributed by atoms with Crippen LogP contribution < -0.4 is 10.1 Å². The van der Waals surface area contributed by atoms with Gasteiger partial charge < -0.3 is 10.1 Å². The number of nitrogens with one attached hydrogen (secondary N) is 1. The zero-order valence-electron chi connectivity index (χ0n) is 10.2. The zero-order valence-corrected chi connectivity index (χ0v) is 10.2. The summed E-state index contributed by atoms with van der Waals surface area (Å²) in [7, 11) is 1.53. The highest BCUT2D eigenvalue weighted by Gasteiger charge is 2.29. The molecule has 0 saturated heterocycles. The molecule has 2 aromatic rings. The molecule has 5 heteroatoms. The van der Waals surface area contributed by atoms with Crippen molar-refractivity contribution in [2.24, 2.45) is 0 Å². The lowest BCUT2D eigenvalue weighted by Crippen LogP contribution is -2.04. The van der Waals surface area contributed by atoms with Gasteiger partial charge in [0.25, 0.3) is 0 Å². The summed E-state index contributed by atoms with van der Waals surface area (Å²) in [5.74, 6) is 0.627. The van der Waals surface area contributed by atoms with Gasteiger partial charge in [-0.2, -0.15) is 13.2 Å². The van der Waals surface area contributed by atoms with Crippen LogP contribution in [-0.4, -0.2) is 7.11 Å². The van der Waals surface area contributed by atoms with Gasteiger partial charge in [-0.15, -0.1) is 0 Å². The van der Waals surface area contributed by atoms with Crippen LogP contribution in [0.3, 0.4) is 0 Å². The van der Waals surface area contributed by atoms with Gasteiger partial charge in [-0.05, 0) is 36.4 Å². The fourth-order valence-electron chi connectivity index (χ4n) is 1.65. The van der Waals surface area contributed by atoms with Gasteiger partial charge in [0.15, 0.2) is 0 Å². The number of hydrogen-bond donors (Lipinski definition) is 1. The Morgan fingerprint density at radius 2 is 1.58 bits per heavy atom. The Kier molecular flexibility index (Phi) is 3.64. The molecule has 2 aromatic carbocycles. The van der Waals surface area contributed by atoms with E-state index < -0.39 is 11.7 Å². The van der Waals surface area contributed by atoms with E-state index in [0.717, 1.165) is 12.1 Å². The van der Waals surface area contributed by atoms with Gasteiger partial charge >= 0.3 is 6.18 Å². The number of anilines is 2. The fraction of sp³-hybridized carbons (Fsp3) is 0.143. The third-order valence-electron chi connectivity index (χ3n) is 2.60. The first-order valence-electron chi connectivity index (χ1n) is 5.58. The van der Waals surface area contributed by atoms with Crippen molar-refractivity contribution < 1.29 is 17.9 Å². The normalized spacial score (nSPS) is 11.2. The highest BCUT2D eigenvalue weighted by molar-refractivity contribution is 5.66. The molecule has 0 aliphatic rings. The molecule has 0 aliphatic carbocycles. The molecule has 19 heavy (non-hydrogen) atoms. The molecule has 0 bridgehead atoms. The van der Waals surface area contributed by atoms with Crippen LogP contribution in [0.25, 0.3) is 0 Å². The Bertz CT molecular complexity index is 549. The van der Waals surface area contributed by atoms with Crippen LogP contribution >= 0.6 is 0 Å². The van der Waals surface area contributed by atoms with Crippen LogP contribution in [-0.2, 0) is 6.18 Å². The van der Waals surface area contributed by atoms with Gasteiger partial charge in [0.2, 0.25) is 0 Å². The van der Waals surface area contributed by atoms with E-state index in [1.807, 2.05) is 12.1 Å². The van der Waals surface area contributed by atoms with Crippen molar-refractivity contribution in [3.05, 3.63) is 54.1 Å². The van der Waals surface area contributed by atoms with Gasteiger partial charge in [0.1, 0.15) is 5.75 Å². The molecule has 0 aromatic heterocycles. The van der Waals surface area contributed by atoms with Crippen LogP contribution in [0.15, 0.2) is 48.5 Å². The van der Waals surface area contributed by atoms with Crippen molar-refractivity contribution in [1.82, 2.24) is 0 Å². The Hall–Kier alpha value is -2.17. The Balaban J connectivity index is 2.20. The van der Waals surface area contributed by atoms with Gasteiger partial charge in [0.05, 0.1) is 18.4 Å². The Labute approximate surface area is 108 Å². The lowest BCUT2D eigenvalue weighted by Gasteiger charge is -2.12. The predicted molar refractivity (Wildman–Crippen MR) is 67.7 cm³/mol. The van der Waals surface area contributed by atoms with E-state index >= 15 is 0 Å². The Morgan fingerprint density at radius 1 is 0.947 bits per heavy atom. The molecule has 100 valence electrons. The van der Waals surface area contributed by atoms with E-state index in [0.29, 0.717) is 17.1 Å². The standard InChI is InChI=1S/C14H12F3NO/c1-19-13-5-3-2-4-12(13)18-11-8-6-10(7-9-11)14(15,16)17/h2-9,18H,1H3. The summed E-state index contributed by atoms with van der Waals surface area (Å²) in [6, 6.07) is 12.0. The predicted octanol–water partition coefficient (Wildman–Crippen LogP) is 4.46. The summed E-state index contributed by atoms with van der Waals surface area (Å²) in [6.45, 7) is 0. The minimum Gasteiger partial charge on any atom is -0.495 e. The summed E-state index contributed by atoms with van der Waals surface area (Å²) in [5.41, 5.74) is 0.598. The highest BCUT2D eigenvalue weighted by atomic mass is 19.4. The molecule has 0 saturated carbocycles. The topological polar surface area (TPSA) is 21.3 Å². The molecule has 0 aliphatic heterocycles. The molecule has 2 rings (SSSR count). The summed E-state index contributed by atoms with van der Waals surface area (Å²) in [6.07, 6.45) is -4.32. The van der Waals surface area contributed by atoms with Crippen LogP contribution in [0.4, 0.5) is 24.5 Å². The molecule has 0 heterocycles. The number of alkyl halides is 3. The lowest BCUT2D eigenvalue weighted by molar-refractivity contribution is -0.137. The molecule has 0 radical (unpaired) electrons. The third kappa shape index (κ3) is 3.19. The molecular weight excluding hydrogens is 255 g/mol. The number of ether oxygens (including phenoxy) is 1. The van der Waals surface area contributed by atoms with Gasteiger partial charge in [-0.25, -0.2) is 0 Å². The molecular formula is C14H12F3NO. The van der Waals surface area contributed by atoms with Gasteiger partial charge in [-0.1, -0.05) is 12.1 Å². The first kappa shape index (κ1) is 13.3. The second-order valence-corrected chi connectivity index (χ2v) is 3.90. The largest absolute Gasteiger partial charge is 0.495 e. The third-order valence-corrected chi connectivity index (χ3v) is 2.60. The van der Waals surface area contributed by atoms with Crippen LogP contribution in [0.5, 0.6) is 5.75 Å². The average molecular weight is 267 g/mol. The number of methoxy groups -OCH3 is 1. The maximum Gasteiger partial charge on any atom is 0.416 e. The fourth-order valence-corrected chi connectivity index (χ4v) is 1.65. The van der Waals surface area contributed by atoms with Crippen LogP contribution in [0.1, 0.15) is 5.56 Å². The maximum absolute atomic E-state index is 12.4. The maximum atomic E-state index is 12.4. The van der Waals surface area contributed by atoms with E-state index in [2.05, 4.69) is 5.32 Å². The Morgan fingerprint density at radius 3 is 2.16 bits per heavy atom. The zero-order chi connectivity index (χ0) is 13.9. The quantitative estimate of drug-likeness (QED) is 0.886. The molecule has 0 spiro atoms. The lowest BCUT2D eigenvalue weighted by atomic mass is 10.2. The molecule has 0 amide bonds. The van der Waals surface area contributed by atoms with E-state index in [1.165, 1.54) is 19.2 Å². The molecule has 0 unspecified atom stereocenters. The molecule has 0 atom stereocenters. The first-order chi connectivity index (χ1) is 9.00. The van der Waals surface area contributed by atoms with E-state index in [9.17, 15) is 13.2 Å². The highest BCUT2D eigenvalue weighted by Crippen LogP contribution is 2.31. The van der Waals surface area contributed by atoms with Crippen molar-refractivity contribution in [3.8, 4) is 5.75 Å². The summed E-state index contributed by atoms with van der Waals surface area (Å²) in [4.78, 5) is 0. The average Bonchev–Trinajstić information content (AvgIpc) is 2.39. The number of benzene rings is 2.